The molecular formula is C21H22FN5O2S2. The number of nitrogens with one attached hydrogen (secondary N) is 1. The van der Waals surface area contributed by atoms with Gasteiger partial charge in [-0.2, -0.15) is 0 Å². The number of rotatable bonds is 6. The quantitative estimate of drug-likeness (QED) is 0.548. The molecule has 2 amide bonds. The minimum absolute atomic E-state index is 0.104. The number of amides is 2. The summed E-state index contributed by atoms with van der Waals surface area (Å²) in [6, 6.07) is 5.99. The van der Waals surface area contributed by atoms with Crippen molar-refractivity contribution in [2.75, 3.05) is 11.1 Å². The number of nitrogens with zero attached hydrogens (tertiary/aromatic N) is 3. The van der Waals surface area contributed by atoms with Gasteiger partial charge in [-0.3, -0.25) is 9.59 Å². The fraction of sp³-hybridized carbons (Fsp3) is 0.333. The minimum Gasteiger partial charge on any atom is -0.365 e. The monoisotopic (exact) mass is 459 g/mol. The number of primary amides is 1. The van der Waals surface area contributed by atoms with Gasteiger partial charge >= 0.3 is 0 Å². The molecule has 0 fully saturated rings. The van der Waals surface area contributed by atoms with Crippen molar-refractivity contribution in [2.45, 2.75) is 31.3 Å². The molecule has 0 saturated heterocycles. The predicted molar refractivity (Wildman–Crippen MR) is 120 cm³/mol. The smallest absolute Gasteiger partial charge is 0.251 e. The summed E-state index contributed by atoms with van der Waals surface area (Å²) < 4.78 is 14.9. The molecule has 0 spiro atoms. The lowest BCUT2D eigenvalue weighted by molar-refractivity contribution is -0.113. The van der Waals surface area contributed by atoms with Gasteiger partial charge in [-0.05, 0) is 55.0 Å². The second kappa shape index (κ2) is 8.80. The molecule has 0 saturated carbocycles. The number of fused-ring (bicyclic) bond motifs is 1. The van der Waals surface area contributed by atoms with E-state index in [2.05, 4.69) is 22.4 Å². The van der Waals surface area contributed by atoms with Crippen LogP contribution < -0.4 is 11.1 Å². The van der Waals surface area contributed by atoms with Crippen molar-refractivity contribution in [3.05, 3.63) is 46.1 Å². The Kier molecular flexibility index (Phi) is 6.10. The van der Waals surface area contributed by atoms with Gasteiger partial charge in [-0.1, -0.05) is 18.7 Å². The first kappa shape index (κ1) is 21.5. The van der Waals surface area contributed by atoms with Gasteiger partial charge in [0.1, 0.15) is 10.8 Å². The Hall–Kier alpha value is -2.72. The number of carbonyl (C=O) groups excluding carboxylic acids is 2. The average Bonchev–Trinajstić information content (AvgIpc) is 3.26. The van der Waals surface area contributed by atoms with Gasteiger partial charge in [0.05, 0.1) is 11.3 Å². The van der Waals surface area contributed by atoms with Crippen LogP contribution >= 0.6 is 23.1 Å². The SMILES string of the molecule is CC1CCc2c(sc(NC(=O)CSc3nnc(-c4ccc(F)cc4)n3C)c2C(N)=O)C1. The van der Waals surface area contributed by atoms with Crippen LogP contribution in [-0.4, -0.2) is 32.3 Å². The van der Waals surface area contributed by atoms with Crippen LogP contribution in [0.1, 0.15) is 34.1 Å². The molecule has 1 unspecified atom stereocenters. The Labute approximate surface area is 187 Å². The molecule has 7 nitrogen and oxygen atoms in total. The molecule has 2 aromatic heterocycles. The van der Waals surface area contributed by atoms with E-state index in [9.17, 15) is 14.0 Å². The number of hydrogen-bond donors (Lipinski definition) is 2. The molecule has 1 aliphatic rings. The molecule has 0 bridgehead atoms. The van der Waals surface area contributed by atoms with Crippen LogP contribution in [-0.2, 0) is 24.7 Å². The fourth-order valence-electron chi connectivity index (χ4n) is 3.68. The summed E-state index contributed by atoms with van der Waals surface area (Å²) in [5.74, 6) is 0.165. The Morgan fingerprint density at radius 2 is 2.06 bits per heavy atom. The molecule has 0 radical (unpaired) electrons. The van der Waals surface area contributed by atoms with Gasteiger partial charge in [-0.25, -0.2) is 4.39 Å². The fourth-order valence-corrected chi connectivity index (χ4v) is 5.83. The third kappa shape index (κ3) is 4.49. The molecule has 0 aliphatic heterocycles. The molecule has 162 valence electrons. The number of thiophene rings is 1. The highest BCUT2D eigenvalue weighted by atomic mass is 32.2. The summed E-state index contributed by atoms with van der Waals surface area (Å²) in [5, 5.41) is 12.2. The zero-order valence-electron chi connectivity index (χ0n) is 17.1. The number of benzene rings is 1. The van der Waals surface area contributed by atoms with Gasteiger partial charge in [0, 0.05) is 17.5 Å². The summed E-state index contributed by atoms with van der Waals surface area (Å²) in [6.45, 7) is 2.18. The van der Waals surface area contributed by atoms with Crippen molar-refractivity contribution >= 4 is 39.9 Å². The van der Waals surface area contributed by atoms with Crippen LogP contribution in [0.4, 0.5) is 9.39 Å². The molecular weight excluding hydrogens is 437 g/mol. The van der Waals surface area contributed by atoms with E-state index in [0.717, 1.165) is 35.3 Å². The van der Waals surface area contributed by atoms with Crippen LogP contribution in [0.15, 0.2) is 29.4 Å². The summed E-state index contributed by atoms with van der Waals surface area (Å²) in [4.78, 5) is 25.7. The highest BCUT2D eigenvalue weighted by Gasteiger charge is 2.27. The maximum Gasteiger partial charge on any atom is 0.251 e. The molecule has 31 heavy (non-hydrogen) atoms. The second-order valence-corrected chi connectivity index (χ2v) is 9.68. The Balaban J connectivity index is 1.45. The maximum absolute atomic E-state index is 13.1. The van der Waals surface area contributed by atoms with E-state index in [-0.39, 0.29) is 17.5 Å². The number of aromatic nitrogens is 3. The summed E-state index contributed by atoms with van der Waals surface area (Å²) in [7, 11) is 1.79. The highest BCUT2D eigenvalue weighted by Crippen LogP contribution is 2.39. The average molecular weight is 460 g/mol. The van der Waals surface area contributed by atoms with Gasteiger partial charge in [0.2, 0.25) is 5.91 Å². The Morgan fingerprint density at radius 3 is 2.77 bits per heavy atom. The molecule has 1 aromatic carbocycles. The standard InChI is InChI=1S/C21H22FN5O2S2/c1-11-3-8-14-15(9-11)31-20(17(14)18(23)29)24-16(28)10-30-21-26-25-19(27(21)2)12-4-6-13(22)7-5-12/h4-7,11H,3,8-10H2,1-2H3,(H2,23,29)(H,24,28). The van der Waals surface area contributed by atoms with Crippen molar-refractivity contribution in [1.82, 2.24) is 14.8 Å². The normalized spacial score (nSPS) is 15.5. The maximum atomic E-state index is 13.1. The second-order valence-electron chi connectivity index (χ2n) is 7.63. The van der Waals surface area contributed by atoms with E-state index < -0.39 is 5.91 Å². The predicted octanol–water partition coefficient (Wildman–Crippen LogP) is 3.64. The topological polar surface area (TPSA) is 103 Å². The first-order chi connectivity index (χ1) is 14.8. The lowest BCUT2D eigenvalue weighted by Crippen LogP contribution is -2.20. The molecule has 2 heterocycles. The van der Waals surface area contributed by atoms with Crippen molar-refractivity contribution in [2.24, 2.45) is 18.7 Å². The van der Waals surface area contributed by atoms with Crippen molar-refractivity contribution in [1.29, 1.82) is 0 Å². The van der Waals surface area contributed by atoms with Gasteiger partial charge in [0.15, 0.2) is 11.0 Å². The third-order valence-corrected chi connectivity index (χ3v) is 7.47. The Bertz CT molecular complexity index is 1140. The van der Waals surface area contributed by atoms with Crippen molar-refractivity contribution in [3.63, 3.8) is 0 Å². The number of anilines is 1. The molecule has 3 N–H and O–H groups in total. The summed E-state index contributed by atoms with van der Waals surface area (Å²) in [5.41, 5.74) is 7.77. The third-order valence-electron chi connectivity index (χ3n) is 5.28. The highest BCUT2D eigenvalue weighted by molar-refractivity contribution is 7.99. The van der Waals surface area contributed by atoms with E-state index in [1.165, 1.54) is 35.2 Å². The van der Waals surface area contributed by atoms with Crippen LogP contribution in [0.5, 0.6) is 0 Å². The number of carbonyl (C=O) groups is 2. The van der Waals surface area contributed by atoms with Gasteiger partial charge < -0.3 is 15.6 Å². The minimum atomic E-state index is -0.507. The first-order valence-electron chi connectivity index (χ1n) is 9.85. The van der Waals surface area contributed by atoms with Crippen LogP contribution in [0.25, 0.3) is 11.4 Å². The molecule has 1 atom stereocenters. The number of thioether (sulfide) groups is 1. The summed E-state index contributed by atoms with van der Waals surface area (Å²) in [6.07, 6.45) is 2.72. The summed E-state index contributed by atoms with van der Waals surface area (Å²) >= 11 is 2.68. The molecule has 3 aromatic rings. The van der Waals surface area contributed by atoms with E-state index in [0.29, 0.717) is 27.5 Å². The van der Waals surface area contributed by atoms with Crippen molar-refractivity contribution in [3.8, 4) is 11.4 Å². The first-order valence-corrected chi connectivity index (χ1v) is 11.7. The largest absolute Gasteiger partial charge is 0.365 e. The van der Waals surface area contributed by atoms with E-state index >= 15 is 0 Å². The molecule has 1 aliphatic carbocycles. The van der Waals surface area contributed by atoms with Gasteiger partial charge in [0.25, 0.3) is 5.91 Å². The number of nitrogens with two attached hydrogens (primary N) is 1. The van der Waals surface area contributed by atoms with E-state index in [4.69, 9.17) is 5.73 Å². The zero-order chi connectivity index (χ0) is 22.1. The molecule has 10 heteroatoms. The van der Waals surface area contributed by atoms with Crippen LogP contribution in [0, 0.1) is 11.7 Å². The number of halogens is 1. The molecule has 4 rings (SSSR count). The lowest BCUT2D eigenvalue weighted by Gasteiger charge is -2.18. The Morgan fingerprint density at radius 1 is 1.32 bits per heavy atom. The van der Waals surface area contributed by atoms with E-state index in [1.54, 1.807) is 23.7 Å². The van der Waals surface area contributed by atoms with Crippen LogP contribution in [0.3, 0.4) is 0 Å². The van der Waals surface area contributed by atoms with Crippen molar-refractivity contribution < 1.29 is 14.0 Å². The number of hydrogen-bond acceptors (Lipinski definition) is 6. The van der Waals surface area contributed by atoms with E-state index in [1.807, 2.05) is 0 Å². The van der Waals surface area contributed by atoms with Gasteiger partial charge in [-0.15, -0.1) is 21.5 Å². The zero-order valence-corrected chi connectivity index (χ0v) is 18.8. The lowest BCUT2D eigenvalue weighted by atomic mass is 9.88. The van der Waals surface area contributed by atoms with Crippen LogP contribution in [0.2, 0.25) is 0 Å².